The lowest BCUT2D eigenvalue weighted by atomic mass is 10.0. The molecule has 2 heterocycles. The minimum absolute atomic E-state index is 0.0127. The average molecular weight is 491 g/mol. The van der Waals surface area contributed by atoms with E-state index in [1.54, 1.807) is 13.2 Å². The Labute approximate surface area is 205 Å². The van der Waals surface area contributed by atoms with Crippen LogP contribution in [-0.2, 0) is 0 Å². The summed E-state index contributed by atoms with van der Waals surface area (Å²) in [4.78, 5) is 13.1. The number of ether oxygens (including phenoxy) is 2. The van der Waals surface area contributed by atoms with Crippen LogP contribution in [0.3, 0.4) is 0 Å². The number of tetrazole rings is 1. The van der Waals surface area contributed by atoms with Gasteiger partial charge in [0.15, 0.2) is 11.5 Å². The lowest BCUT2D eigenvalue weighted by Gasteiger charge is -2.24. The maximum absolute atomic E-state index is 14.9. The summed E-state index contributed by atoms with van der Waals surface area (Å²) >= 11 is 0. The summed E-state index contributed by atoms with van der Waals surface area (Å²) in [5, 5.41) is 31.7. The first-order valence-electron chi connectivity index (χ1n) is 11.0. The van der Waals surface area contributed by atoms with Crippen LogP contribution < -0.4 is 14.9 Å². The zero-order valence-corrected chi connectivity index (χ0v) is 19.5. The number of carbonyl (C=O) groups is 1. The minimum Gasteiger partial charge on any atom is -0.493 e. The monoisotopic (exact) mass is 491 g/mol. The highest BCUT2D eigenvalue weighted by Crippen LogP contribution is 2.30. The van der Waals surface area contributed by atoms with E-state index in [1.165, 1.54) is 17.1 Å². The highest BCUT2D eigenvalue weighted by Gasteiger charge is 2.24. The van der Waals surface area contributed by atoms with Crippen LogP contribution in [0.2, 0.25) is 0 Å². The number of aromatic amines is 1. The number of amides is 1. The number of hydrogen-bond acceptors (Lipinski definition) is 10. The standard InChI is InChI=1S/C23H22FN9O3/c1-3-36-21-11-14(6-9-20(21)35-2)18-5-4-10-33(30-18)23(34)16-8-7-15(12-17(16)24)26-27-19(13-25)22-28-31-32-29-22/h6-9,11-12,26H,3-5,10H2,1-2H3,(H,28,29,31,32)/b27-19+. The molecule has 0 atom stereocenters. The average Bonchev–Trinajstić information content (AvgIpc) is 3.44. The molecule has 0 aliphatic carbocycles. The Morgan fingerprint density at radius 3 is 2.86 bits per heavy atom. The first-order valence-corrected chi connectivity index (χ1v) is 11.0. The van der Waals surface area contributed by atoms with Gasteiger partial charge in [-0.1, -0.05) is 0 Å². The predicted molar refractivity (Wildman–Crippen MR) is 127 cm³/mol. The summed E-state index contributed by atoms with van der Waals surface area (Å²) in [6, 6.07) is 11.2. The van der Waals surface area contributed by atoms with Crippen molar-refractivity contribution >= 4 is 23.0 Å². The van der Waals surface area contributed by atoms with Crippen molar-refractivity contribution in [3.8, 4) is 17.6 Å². The number of halogens is 1. The Bertz CT molecular complexity index is 1350. The number of rotatable bonds is 8. The summed E-state index contributed by atoms with van der Waals surface area (Å²) in [6.45, 7) is 2.71. The van der Waals surface area contributed by atoms with Gasteiger partial charge in [0.05, 0.1) is 30.7 Å². The molecule has 0 bridgehead atoms. The molecule has 0 radical (unpaired) electrons. The lowest BCUT2D eigenvalue weighted by molar-refractivity contribution is 0.0747. The van der Waals surface area contributed by atoms with Crippen molar-refractivity contribution < 1.29 is 18.7 Å². The van der Waals surface area contributed by atoms with E-state index >= 15 is 0 Å². The maximum atomic E-state index is 14.9. The molecule has 0 unspecified atom stereocenters. The summed E-state index contributed by atoms with van der Waals surface area (Å²) < 4.78 is 25.8. The number of methoxy groups -OCH3 is 1. The quantitative estimate of drug-likeness (QED) is 0.360. The van der Waals surface area contributed by atoms with Crippen molar-refractivity contribution in [1.82, 2.24) is 25.6 Å². The van der Waals surface area contributed by atoms with Crippen LogP contribution in [0.25, 0.3) is 0 Å². The third-order valence-corrected chi connectivity index (χ3v) is 5.22. The normalized spacial score (nSPS) is 13.6. The molecule has 0 saturated carbocycles. The molecule has 0 saturated heterocycles. The fourth-order valence-electron chi connectivity index (χ4n) is 3.52. The van der Waals surface area contributed by atoms with Gasteiger partial charge in [-0.25, -0.2) is 9.40 Å². The van der Waals surface area contributed by atoms with Crippen LogP contribution in [0.4, 0.5) is 10.1 Å². The Balaban J connectivity index is 1.52. The van der Waals surface area contributed by atoms with Crippen molar-refractivity contribution in [2.24, 2.45) is 10.2 Å². The van der Waals surface area contributed by atoms with Gasteiger partial charge in [-0.2, -0.15) is 20.7 Å². The van der Waals surface area contributed by atoms with E-state index in [4.69, 9.17) is 9.47 Å². The molecular weight excluding hydrogens is 469 g/mol. The van der Waals surface area contributed by atoms with Crippen molar-refractivity contribution in [1.29, 1.82) is 5.26 Å². The minimum atomic E-state index is -0.760. The van der Waals surface area contributed by atoms with E-state index in [1.807, 2.05) is 25.1 Å². The molecule has 2 aromatic carbocycles. The molecule has 0 spiro atoms. The molecule has 36 heavy (non-hydrogen) atoms. The Kier molecular flexibility index (Phi) is 7.45. The van der Waals surface area contributed by atoms with Gasteiger partial charge in [-0.3, -0.25) is 10.2 Å². The second kappa shape index (κ2) is 11.0. The summed E-state index contributed by atoms with van der Waals surface area (Å²) in [5.41, 5.74) is 3.98. The molecule has 0 fully saturated rings. The highest BCUT2D eigenvalue weighted by molar-refractivity contribution is 6.09. The largest absolute Gasteiger partial charge is 0.493 e. The number of hydrogen-bond donors (Lipinski definition) is 2. The van der Waals surface area contributed by atoms with Crippen molar-refractivity contribution in [2.75, 3.05) is 25.7 Å². The summed E-state index contributed by atoms with van der Waals surface area (Å²) in [7, 11) is 1.56. The number of benzene rings is 2. The predicted octanol–water partition coefficient (Wildman–Crippen LogP) is 2.73. The van der Waals surface area contributed by atoms with Gasteiger partial charge in [-0.05, 0) is 61.4 Å². The number of hydrazone groups is 2. The molecule has 4 rings (SSSR count). The SMILES string of the molecule is CCOc1cc(C2=NN(C(=O)c3ccc(N/N=C(\C#N)c4nn[nH]n4)cc3F)CCC2)ccc1OC. The van der Waals surface area contributed by atoms with E-state index in [0.29, 0.717) is 43.2 Å². The number of H-pyrrole nitrogens is 1. The number of anilines is 1. The van der Waals surface area contributed by atoms with Gasteiger partial charge in [0.1, 0.15) is 11.9 Å². The molecule has 2 N–H and O–H groups in total. The highest BCUT2D eigenvalue weighted by atomic mass is 19.1. The smallest absolute Gasteiger partial charge is 0.276 e. The van der Waals surface area contributed by atoms with Gasteiger partial charge in [0.2, 0.25) is 11.5 Å². The molecule has 1 aliphatic rings. The number of carbonyl (C=O) groups excluding carboxylic acids is 1. The second-order valence-corrected chi connectivity index (χ2v) is 7.49. The number of aromatic nitrogens is 4. The Hall–Kier alpha value is -4.86. The van der Waals surface area contributed by atoms with E-state index in [2.05, 4.69) is 36.3 Å². The van der Waals surface area contributed by atoms with Crippen LogP contribution in [0.1, 0.15) is 41.5 Å². The van der Waals surface area contributed by atoms with Crippen LogP contribution in [-0.4, -0.2) is 63.2 Å². The van der Waals surface area contributed by atoms with E-state index in [0.717, 1.165) is 11.6 Å². The van der Waals surface area contributed by atoms with Crippen molar-refractivity contribution in [3.63, 3.8) is 0 Å². The maximum Gasteiger partial charge on any atom is 0.276 e. The van der Waals surface area contributed by atoms with E-state index in [9.17, 15) is 14.4 Å². The Morgan fingerprint density at radius 2 is 2.17 bits per heavy atom. The molecular formula is C23H22FN9O3. The topological polar surface area (TPSA) is 154 Å². The molecule has 1 aromatic heterocycles. The lowest BCUT2D eigenvalue weighted by Crippen LogP contribution is -2.32. The molecule has 3 aromatic rings. The number of nitrogens with zero attached hydrogens (tertiary/aromatic N) is 7. The third-order valence-electron chi connectivity index (χ3n) is 5.22. The molecule has 13 heteroatoms. The first kappa shape index (κ1) is 24.3. The fraction of sp³-hybridized carbons (Fsp3) is 0.261. The van der Waals surface area contributed by atoms with Crippen LogP contribution in [0.5, 0.6) is 11.5 Å². The molecule has 1 amide bonds. The van der Waals surface area contributed by atoms with E-state index < -0.39 is 11.7 Å². The Morgan fingerprint density at radius 1 is 1.31 bits per heavy atom. The second-order valence-electron chi connectivity index (χ2n) is 7.49. The van der Waals surface area contributed by atoms with Crippen LogP contribution in [0.15, 0.2) is 46.6 Å². The van der Waals surface area contributed by atoms with Gasteiger partial charge in [0.25, 0.3) is 5.91 Å². The van der Waals surface area contributed by atoms with Crippen molar-refractivity contribution in [2.45, 2.75) is 19.8 Å². The zero-order valence-electron chi connectivity index (χ0n) is 19.5. The van der Waals surface area contributed by atoms with Gasteiger partial charge < -0.3 is 9.47 Å². The molecule has 1 aliphatic heterocycles. The fourth-order valence-corrected chi connectivity index (χ4v) is 3.52. The summed E-state index contributed by atoms with van der Waals surface area (Å²) in [6.07, 6.45) is 1.33. The van der Waals surface area contributed by atoms with Gasteiger partial charge in [-0.15, -0.1) is 10.2 Å². The number of nitriles is 1. The van der Waals surface area contributed by atoms with E-state index in [-0.39, 0.29) is 22.8 Å². The molecule has 184 valence electrons. The number of nitrogens with one attached hydrogen (secondary N) is 2. The third kappa shape index (κ3) is 5.27. The molecule has 12 nitrogen and oxygen atoms in total. The summed E-state index contributed by atoms with van der Waals surface area (Å²) in [5.74, 6) is -0.156. The van der Waals surface area contributed by atoms with Gasteiger partial charge >= 0.3 is 0 Å². The van der Waals surface area contributed by atoms with Crippen LogP contribution in [0, 0.1) is 17.1 Å². The zero-order chi connectivity index (χ0) is 25.5. The first-order chi connectivity index (χ1) is 17.5. The van der Waals surface area contributed by atoms with Gasteiger partial charge in [0, 0.05) is 12.1 Å². The van der Waals surface area contributed by atoms with Crippen molar-refractivity contribution in [3.05, 3.63) is 59.2 Å². The van der Waals surface area contributed by atoms with Crippen LogP contribution >= 0.6 is 0 Å².